The summed E-state index contributed by atoms with van der Waals surface area (Å²) in [5, 5.41) is 7.37. The number of fused-ring (bicyclic) bond motifs is 1. The second-order valence-corrected chi connectivity index (χ2v) is 11.8. The maximum absolute atomic E-state index is 13.3. The molecule has 1 atom stereocenters. The Labute approximate surface area is 246 Å². The molecule has 2 heterocycles. The summed E-state index contributed by atoms with van der Waals surface area (Å²) in [4.78, 5) is 28.9. The van der Waals surface area contributed by atoms with Gasteiger partial charge in [-0.15, -0.1) is 0 Å². The number of anilines is 3. The number of hydrogen-bond acceptors (Lipinski definition) is 7. The average Bonchev–Trinajstić information content (AvgIpc) is 2.95. The van der Waals surface area contributed by atoms with Crippen molar-refractivity contribution in [3.63, 3.8) is 0 Å². The zero-order valence-corrected chi connectivity index (χ0v) is 24.8. The van der Waals surface area contributed by atoms with Gasteiger partial charge in [0.05, 0.1) is 17.1 Å². The first-order chi connectivity index (χ1) is 19.3. The lowest BCUT2D eigenvalue weighted by Crippen LogP contribution is -2.26. The van der Waals surface area contributed by atoms with Gasteiger partial charge in [-0.05, 0) is 85.1 Å². The molecule has 1 unspecified atom stereocenters. The van der Waals surface area contributed by atoms with Crippen LogP contribution >= 0.6 is 27.7 Å². The molecule has 7 nitrogen and oxygen atoms in total. The van der Waals surface area contributed by atoms with Crippen molar-refractivity contribution < 1.29 is 4.79 Å². The highest BCUT2D eigenvalue weighted by atomic mass is 79.9. The summed E-state index contributed by atoms with van der Waals surface area (Å²) >= 11 is 5.03. The van der Waals surface area contributed by atoms with E-state index in [0.29, 0.717) is 22.7 Å². The topological polar surface area (TPSA) is 106 Å². The summed E-state index contributed by atoms with van der Waals surface area (Å²) in [5.41, 5.74) is 10.5. The van der Waals surface area contributed by atoms with Crippen LogP contribution in [0.25, 0.3) is 11.0 Å². The molecule has 5 rings (SSSR count). The molecular weight excluding hydrogens is 584 g/mol. The minimum absolute atomic E-state index is 0.159. The molecule has 0 radical (unpaired) electrons. The fraction of sp³-hybridized carbons (Fsp3) is 0.161. The van der Waals surface area contributed by atoms with Crippen LogP contribution in [0, 0.1) is 0 Å². The Bertz CT molecular complexity index is 1660. The fourth-order valence-corrected chi connectivity index (χ4v) is 5.29. The van der Waals surface area contributed by atoms with E-state index in [9.17, 15) is 4.79 Å². The van der Waals surface area contributed by atoms with Crippen LogP contribution in [0.15, 0.2) is 99.5 Å². The van der Waals surface area contributed by atoms with Crippen LogP contribution in [0.2, 0.25) is 0 Å². The van der Waals surface area contributed by atoms with Gasteiger partial charge in [0.2, 0.25) is 0 Å². The van der Waals surface area contributed by atoms with Gasteiger partial charge in [0.25, 0.3) is 5.91 Å². The molecule has 0 saturated carbocycles. The van der Waals surface area contributed by atoms with E-state index in [1.54, 1.807) is 11.8 Å². The van der Waals surface area contributed by atoms with Crippen LogP contribution in [0.1, 0.15) is 54.3 Å². The zero-order valence-electron chi connectivity index (χ0n) is 22.4. The summed E-state index contributed by atoms with van der Waals surface area (Å²) in [7, 11) is 0. The van der Waals surface area contributed by atoms with Crippen molar-refractivity contribution in [1.82, 2.24) is 20.3 Å². The van der Waals surface area contributed by atoms with E-state index >= 15 is 0 Å². The lowest BCUT2D eigenvalue weighted by Gasteiger charge is -2.17. The minimum atomic E-state index is -0.168. The second-order valence-electron chi connectivity index (χ2n) is 9.74. The van der Waals surface area contributed by atoms with Gasteiger partial charge >= 0.3 is 0 Å². The predicted octanol–water partition coefficient (Wildman–Crippen LogP) is 7.88. The highest BCUT2D eigenvalue weighted by Gasteiger charge is 2.16. The molecule has 202 valence electrons. The number of carbonyl (C=O) groups excluding carboxylic acids is 1. The second kappa shape index (κ2) is 12.1. The molecule has 0 aliphatic heterocycles. The molecule has 4 N–H and O–H groups in total. The number of nitrogens with one attached hydrogen (secondary N) is 2. The summed E-state index contributed by atoms with van der Waals surface area (Å²) in [5.74, 6) is 0.736. The van der Waals surface area contributed by atoms with Gasteiger partial charge in [-0.3, -0.25) is 4.79 Å². The number of halogens is 1. The van der Waals surface area contributed by atoms with E-state index in [1.807, 2.05) is 85.8 Å². The highest BCUT2D eigenvalue weighted by molar-refractivity contribution is 9.10. The molecular formula is C31H29BrN6OS. The predicted molar refractivity (Wildman–Crippen MR) is 166 cm³/mol. The SMILES string of the molecule is CC(C)c1ccc2c(Nc3cc(C(=O)NC(C)c4ccc(Br)cc4)ccc3Sc3ccc(N)cc3)ncnc2n1. The highest BCUT2D eigenvalue weighted by Crippen LogP contribution is 2.37. The van der Waals surface area contributed by atoms with Crippen molar-refractivity contribution in [1.29, 1.82) is 0 Å². The van der Waals surface area contributed by atoms with E-state index in [2.05, 4.69) is 50.4 Å². The van der Waals surface area contributed by atoms with Gasteiger partial charge in [-0.2, -0.15) is 0 Å². The standard InChI is InChI=1S/C31H29BrN6OS/c1-18(2)26-14-13-25-29(37-26)34-17-35-30(25)38-27-16-21(6-15-28(27)40-24-11-9-23(33)10-12-24)31(39)36-19(3)20-4-7-22(32)8-5-20/h4-19H,33H2,1-3H3,(H,36,39)(H,34,35,37,38). The minimum Gasteiger partial charge on any atom is -0.399 e. The zero-order chi connectivity index (χ0) is 28.2. The van der Waals surface area contributed by atoms with Crippen LogP contribution < -0.4 is 16.4 Å². The van der Waals surface area contributed by atoms with Crippen molar-refractivity contribution in [2.24, 2.45) is 0 Å². The van der Waals surface area contributed by atoms with Gasteiger partial charge in [0.15, 0.2) is 5.65 Å². The van der Waals surface area contributed by atoms with Gasteiger partial charge in [-0.1, -0.05) is 53.7 Å². The largest absolute Gasteiger partial charge is 0.399 e. The van der Waals surface area contributed by atoms with Crippen LogP contribution in [-0.2, 0) is 0 Å². The Morgan fingerprint density at radius 2 is 1.68 bits per heavy atom. The molecule has 0 fully saturated rings. The average molecular weight is 614 g/mol. The third-order valence-electron chi connectivity index (χ3n) is 6.43. The lowest BCUT2D eigenvalue weighted by molar-refractivity contribution is 0.0940. The molecule has 0 bridgehead atoms. The fourth-order valence-electron chi connectivity index (χ4n) is 4.14. The van der Waals surface area contributed by atoms with E-state index in [-0.39, 0.29) is 17.9 Å². The van der Waals surface area contributed by atoms with Crippen LogP contribution in [0.3, 0.4) is 0 Å². The van der Waals surface area contributed by atoms with Crippen LogP contribution in [-0.4, -0.2) is 20.9 Å². The number of amides is 1. The number of benzene rings is 3. The molecule has 40 heavy (non-hydrogen) atoms. The van der Waals surface area contributed by atoms with E-state index < -0.39 is 0 Å². The van der Waals surface area contributed by atoms with Gasteiger partial charge in [0, 0.05) is 31.2 Å². The quantitative estimate of drug-likeness (QED) is 0.153. The summed E-state index contributed by atoms with van der Waals surface area (Å²) in [6.45, 7) is 6.17. The molecule has 0 saturated heterocycles. The van der Waals surface area contributed by atoms with Crippen LogP contribution in [0.5, 0.6) is 0 Å². The molecule has 5 aromatic rings. The number of hydrogen-bond donors (Lipinski definition) is 3. The van der Waals surface area contributed by atoms with Crippen molar-refractivity contribution in [3.8, 4) is 0 Å². The van der Waals surface area contributed by atoms with E-state index in [0.717, 1.165) is 36.6 Å². The van der Waals surface area contributed by atoms with Gasteiger partial charge in [-0.25, -0.2) is 15.0 Å². The molecule has 1 amide bonds. The first-order valence-corrected chi connectivity index (χ1v) is 14.5. The first-order valence-electron chi connectivity index (χ1n) is 12.9. The maximum Gasteiger partial charge on any atom is 0.251 e. The van der Waals surface area contributed by atoms with E-state index in [1.165, 1.54) is 6.33 Å². The van der Waals surface area contributed by atoms with Crippen molar-refractivity contribution in [2.75, 3.05) is 11.1 Å². The number of nitrogens with zero attached hydrogens (tertiary/aromatic N) is 3. The van der Waals surface area contributed by atoms with Crippen molar-refractivity contribution in [2.45, 2.75) is 42.5 Å². The number of nitrogen functional groups attached to an aromatic ring is 1. The number of rotatable bonds is 8. The van der Waals surface area contributed by atoms with Crippen molar-refractivity contribution in [3.05, 3.63) is 106 Å². The number of pyridine rings is 1. The molecule has 9 heteroatoms. The lowest BCUT2D eigenvalue weighted by atomic mass is 10.1. The normalized spacial score (nSPS) is 11.9. The van der Waals surface area contributed by atoms with E-state index in [4.69, 9.17) is 10.7 Å². The number of aromatic nitrogens is 3. The van der Waals surface area contributed by atoms with Gasteiger partial charge in [0.1, 0.15) is 12.1 Å². The molecule has 0 aliphatic rings. The number of carbonyl (C=O) groups is 1. The molecule has 2 aromatic heterocycles. The van der Waals surface area contributed by atoms with Gasteiger partial charge < -0.3 is 16.4 Å². The van der Waals surface area contributed by atoms with Crippen LogP contribution in [0.4, 0.5) is 17.2 Å². The number of nitrogens with two attached hydrogens (primary N) is 1. The molecule has 3 aromatic carbocycles. The Balaban J connectivity index is 1.48. The Hall–Kier alpha value is -3.95. The summed E-state index contributed by atoms with van der Waals surface area (Å²) in [6, 6.07) is 25.1. The maximum atomic E-state index is 13.3. The van der Waals surface area contributed by atoms with Crippen molar-refractivity contribution >= 4 is 61.8 Å². The summed E-state index contributed by atoms with van der Waals surface area (Å²) in [6.07, 6.45) is 1.50. The first kappa shape index (κ1) is 27.6. The third kappa shape index (κ3) is 6.43. The Morgan fingerprint density at radius 3 is 2.40 bits per heavy atom. The smallest absolute Gasteiger partial charge is 0.251 e. The molecule has 0 spiro atoms. The molecule has 0 aliphatic carbocycles. The Morgan fingerprint density at radius 1 is 0.925 bits per heavy atom. The summed E-state index contributed by atoms with van der Waals surface area (Å²) < 4.78 is 0.993. The Kier molecular flexibility index (Phi) is 8.32. The monoisotopic (exact) mass is 612 g/mol. The third-order valence-corrected chi connectivity index (χ3v) is 8.04.